The van der Waals surface area contributed by atoms with Crippen molar-refractivity contribution >= 4 is 0 Å². The molecule has 0 N–H and O–H groups in total. The molecular formula is Cl9EuGdSm. The quantitative estimate of drug-likeness (QED) is 0.230. The van der Waals surface area contributed by atoms with Gasteiger partial charge in [0.15, 0.2) is 0 Å². The molecule has 0 saturated carbocycles. The van der Waals surface area contributed by atoms with Crippen molar-refractivity contribution < 1.29 is 241 Å². The van der Waals surface area contributed by atoms with Crippen molar-refractivity contribution in [3.63, 3.8) is 0 Å². The minimum absolute atomic E-state index is 0. The van der Waals surface area contributed by atoms with Gasteiger partial charge in [-0.15, -0.1) is 0 Å². The van der Waals surface area contributed by atoms with Gasteiger partial charge in [0.2, 0.25) is 0 Å². The molecule has 84 valence electrons. The molecule has 0 aromatic carbocycles. The van der Waals surface area contributed by atoms with Crippen LogP contribution in [0.1, 0.15) is 0 Å². The third-order valence-electron chi connectivity index (χ3n) is 0. The summed E-state index contributed by atoms with van der Waals surface area (Å²) in [4.78, 5) is 0. The van der Waals surface area contributed by atoms with Gasteiger partial charge in [0.25, 0.3) is 0 Å². The number of hydrogen-bond donors (Lipinski definition) is 0. The van der Waals surface area contributed by atoms with E-state index >= 15 is 0 Å². The molecule has 0 amide bonds. The molecule has 0 unspecified atom stereocenters. The van der Waals surface area contributed by atoms with Gasteiger partial charge in [-0.05, 0) is 0 Å². The molecule has 0 rings (SSSR count). The zero-order valence-electron chi connectivity index (χ0n) is 4.54. The smallest absolute Gasteiger partial charge is 1.00 e. The van der Waals surface area contributed by atoms with Crippen LogP contribution in [0.15, 0.2) is 0 Å². The fraction of sp³-hybridized carbons (Fsp3) is 0. The maximum Gasteiger partial charge on any atom is 3.00 e. The Labute approximate surface area is 235 Å². The Kier molecular flexibility index (Phi) is 1150. The Bertz CT molecular complexity index is 14.5. The number of rotatable bonds is 0. The SMILES string of the molecule is [Cl-].[Cl-].[Cl-].[Cl-].[Cl-].[Cl-].[Cl-].[Cl-].[Cl-].[Eu+3].[Gd+3].[Sm+3]. The van der Waals surface area contributed by atoms with Crippen LogP contribution in [0.5, 0.6) is 0 Å². The van der Waals surface area contributed by atoms with Gasteiger partial charge in [-0.1, -0.05) is 0 Å². The van der Waals surface area contributed by atoms with Crippen molar-refractivity contribution in [3.05, 3.63) is 0 Å². The molecule has 0 heterocycles. The minimum atomic E-state index is 0. The Morgan fingerprint density at radius 3 is 0.333 bits per heavy atom. The molecule has 12 heavy (non-hydrogen) atoms. The molecule has 12 heteroatoms. The molecule has 0 atom stereocenters. The molecule has 0 nitrogen and oxygen atoms in total. The first-order valence-electron chi connectivity index (χ1n) is 0. The van der Waals surface area contributed by atoms with E-state index < -0.39 is 0 Å². The third-order valence-corrected chi connectivity index (χ3v) is 0. The first kappa shape index (κ1) is 128. The molecule has 0 saturated heterocycles. The first-order valence-corrected chi connectivity index (χ1v) is 0. The Hall–Kier alpha value is 6.86. The van der Waals surface area contributed by atoms with Crippen LogP contribution in [0, 0.1) is 130 Å². The van der Waals surface area contributed by atoms with Crippen LogP contribution in [0.2, 0.25) is 0 Å². The molecule has 0 bridgehead atoms. The van der Waals surface area contributed by atoms with Crippen LogP contribution in [0.25, 0.3) is 0 Å². The van der Waals surface area contributed by atoms with Crippen molar-refractivity contribution in [1.29, 1.82) is 0 Å². The van der Waals surface area contributed by atoms with Crippen molar-refractivity contribution in [3.8, 4) is 0 Å². The van der Waals surface area contributed by atoms with Crippen molar-refractivity contribution in [1.82, 2.24) is 0 Å². The predicted molar refractivity (Wildman–Crippen MR) is 0 cm³/mol. The third kappa shape index (κ3) is 90.1. The van der Waals surface area contributed by atoms with Crippen LogP contribution in [-0.2, 0) is 0 Å². The van der Waals surface area contributed by atoms with E-state index in [1.54, 1.807) is 0 Å². The molecule has 0 aliphatic carbocycles. The summed E-state index contributed by atoms with van der Waals surface area (Å²) >= 11 is 0. The van der Waals surface area contributed by atoms with E-state index in [1.807, 2.05) is 0 Å². The molecule has 0 aromatic heterocycles. The van der Waals surface area contributed by atoms with E-state index in [0.717, 1.165) is 0 Å². The van der Waals surface area contributed by atoms with E-state index in [2.05, 4.69) is 0 Å². The largest absolute Gasteiger partial charge is 3.00 e. The van der Waals surface area contributed by atoms with Crippen molar-refractivity contribution in [2.75, 3.05) is 0 Å². The summed E-state index contributed by atoms with van der Waals surface area (Å²) in [6, 6.07) is 0. The topological polar surface area (TPSA) is 0 Å². The van der Waals surface area contributed by atoms with Crippen LogP contribution >= 0.6 is 0 Å². The summed E-state index contributed by atoms with van der Waals surface area (Å²) in [5.74, 6) is 0. The molecule has 0 spiro atoms. The molecule has 0 aromatic rings. The van der Waals surface area contributed by atoms with Gasteiger partial charge in [0, 0.05) is 0 Å². The first-order chi connectivity index (χ1) is 0. The average Bonchev–Trinajstić information content (AvgIpc) is 0. The Morgan fingerprint density at radius 1 is 0.333 bits per heavy atom. The van der Waals surface area contributed by atoms with Crippen LogP contribution in [-0.4, -0.2) is 0 Å². The zero-order chi connectivity index (χ0) is 0. The van der Waals surface area contributed by atoms with E-state index in [0.29, 0.717) is 0 Å². The summed E-state index contributed by atoms with van der Waals surface area (Å²) in [5, 5.41) is 0. The monoisotopic (exact) mass is 777 g/mol. The summed E-state index contributed by atoms with van der Waals surface area (Å²) in [6.07, 6.45) is 0. The summed E-state index contributed by atoms with van der Waals surface area (Å²) in [7, 11) is 0. The van der Waals surface area contributed by atoms with Crippen molar-refractivity contribution in [2.24, 2.45) is 0 Å². The van der Waals surface area contributed by atoms with Gasteiger partial charge >= 0.3 is 130 Å². The fourth-order valence-corrected chi connectivity index (χ4v) is 0. The molecule has 0 fully saturated rings. The van der Waals surface area contributed by atoms with Crippen LogP contribution in [0.3, 0.4) is 0 Å². The van der Waals surface area contributed by atoms with Crippen molar-refractivity contribution in [2.45, 2.75) is 0 Å². The minimum Gasteiger partial charge on any atom is -1.00 e. The number of halogens is 9. The van der Waals surface area contributed by atoms with E-state index in [9.17, 15) is 0 Å². The molecular weight excluding hydrogens is 779 g/mol. The molecule has 0 aliphatic heterocycles. The number of hydrogen-bond acceptors (Lipinski definition) is 0. The zero-order valence-corrected chi connectivity index (χ0v) is 18.7. The van der Waals surface area contributed by atoms with E-state index in [1.165, 1.54) is 0 Å². The average molecular weight is 779 g/mol. The predicted octanol–water partition coefficient (Wildman–Crippen LogP) is -27.0. The summed E-state index contributed by atoms with van der Waals surface area (Å²) in [5.41, 5.74) is 0. The van der Waals surface area contributed by atoms with Crippen LogP contribution < -0.4 is 112 Å². The standard InChI is InChI=1S/9ClH.Eu.Gd.Sm/h9*1H;;;/q;;;;;;;;;3*+3/p-9. The van der Waals surface area contributed by atoms with E-state index in [-0.39, 0.29) is 241 Å². The second kappa shape index (κ2) is 108. The van der Waals surface area contributed by atoms with Gasteiger partial charge in [-0.25, -0.2) is 0 Å². The Balaban J connectivity index is 0. The van der Waals surface area contributed by atoms with Gasteiger partial charge < -0.3 is 112 Å². The second-order valence-electron chi connectivity index (χ2n) is 0. The fourth-order valence-electron chi connectivity index (χ4n) is 0. The van der Waals surface area contributed by atoms with Crippen LogP contribution in [0.4, 0.5) is 0 Å². The van der Waals surface area contributed by atoms with Gasteiger partial charge in [0.1, 0.15) is 0 Å². The summed E-state index contributed by atoms with van der Waals surface area (Å²) < 4.78 is 0. The maximum atomic E-state index is 0. The molecule has 2 radical (unpaired) electrons. The normalized spacial score (nSPS) is 0. The second-order valence-corrected chi connectivity index (χ2v) is 0. The Morgan fingerprint density at radius 2 is 0.333 bits per heavy atom. The van der Waals surface area contributed by atoms with Gasteiger partial charge in [-0.3, -0.25) is 0 Å². The van der Waals surface area contributed by atoms with Gasteiger partial charge in [-0.2, -0.15) is 0 Å². The maximum absolute atomic E-state index is 0. The summed E-state index contributed by atoms with van der Waals surface area (Å²) in [6.45, 7) is 0. The molecule has 0 aliphatic rings. The van der Waals surface area contributed by atoms with E-state index in [4.69, 9.17) is 0 Å². The van der Waals surface area contributed by atoms with Gasteiger partial charge in [0.05, 0.1) is 0 Å².